The van der Waals surface area contributed by atoms with Crippen molar-refractivity contribution in [1.82, 2.24) is 4.90 Å². The van der Waals surface area contributed by atoms with Gasteiger partial charge in [0.2, 0.25) is 0 Å². The fourth-order valence-corrected chi connectivity index (χ4v) is 1.75. The number of Topliss-reactive ketones (excluding diaryl/α,β-unsaturated/α-hetero) is 1. The second-order valence-electron chi connectivity index (χ2n) is 5.55. The Hall–Kier alpha value is -1.06. The van der Waals surface area contributed by atoms with Crippen LogP contribution in [0.2, 0.25) is 0 Å². The van der Waals surface area contributed by atoms with E-state index in [1.54, 1.807) is 4.90 Å². The SMILES string of the molecule is C[C@@H]1CN(C(=O)OC(C)(C)C)[C@H](C)CC1=O. The van der Waals surface area contributed by atoms with Crippen LogP contribution in [0, 0.1) is 5.92 Å². The Balaban J connectivity index is 2.66. The first-order chi connectivity index (χ1) is 7.20. The second-order valence-corrected chi connectivity index (χ2v) is 5.55. The number of carbonyl (C=O) groups is 2. The third kappa shape index (κ3) is 3.22. The molecule has 1 amide bonds. The predicted octanol–water partition coefficient (Wildman–Crippen LogP) is 2.22. The summed E-state index contributed by atoms with van der Waals surface area (Å²) in [4.78, 5) is 25.0. The van der Waals surface area contributed by atoms with Crippen molar-refractivity contribution < 1.29 is 14.3 Å². The molecule has 92 valence electrons. The summed E-state index contributed by atoms with van der Waals surface area (Å²) in [6, 6.07) is -0.0569. The largest absolute Gasteiger partial charge is 0.444 e. The van der Waals surface area contributed by atoms with Gasteiger partial charge in [-0.15, -0.1) is 0 Å². The van der Waals surface area contributed by atoms with Gasteiger partial charge in [0.25, 0.3) is 0 Å². The van der Waals surface area contributed by atoms with Crippen molar-refractivity contribution in [3.63, 3.8) is 0 Å². The molecule has 0 bridgehead atoms. The highest BCUT2D eigenvalue weighted by Gasteiger charge is 2.34. The predicted molar refractivity (Wildman–Crippen MR) is 61.2 cm³/mol. The van der Waals surface area contributed by atoms with E-state index in [9.17, 15) is 9.59 Å². The first-order valence-electron chi connectivity index (χ1n) is 5.73. The average Bonchev–Trinajstić information content (AvgIpc) is 2.08. The number of amides is 1. The van der Waals surface area contributed by atoms with Gasteiger partial charge in [0, 0.05) is 24.9 Å². The molecule has 0 aromatic heterocycles. The molecule has 0 saturated carbocycles. The first kappa shape index (κ1) is 13.0. The fraction of sp³-hybridized carbons (Fsp3) is 0.833. The second kappa shape index (κ2) is 4.44. The maximum absolute atomic E-state index is 11.9. The minimum Gasteiger partial charge on any atom is -0.444 e. The van der Waals surface area contributed by atoms with Gasteiger partial charge in [-0.1, -0.05) is 6.92 Å². The number of piperidine rings is 1. The molecule has 4 nitrogen and oxygen atoms in total. The van der Waals surface area contributed by atoms with Gasteiger partial charge < -0.3 is 9.64 Å². The zero-order chi connectivity index (χ0) is 12.5. The molecule has 4 heteroatoms. The number of carbonyl (C=O) groups excluding carboxylic acids is 2. The summed E-state index contributed by atoms with van der Waals surface area (Å²) < 4.78 is 5.31. The minimum absolute atomic E-state index is 0.0569. The third-order valence-corrected chi connectivity index (χ3v) is 2.68. The van der Waals surface area contributed by atoms with Gasteiger partial charge in [-0.2, -0.15) is 0 Å². The van der Waals surface area contributed by atoms with Crippen molar-refractivity contribution in [3.8, 4) is 0 Å². The highest BCUT2D eigenvalue weighted by Crippen LogP contribution is 2.21. The van der Waals surface area contributed by atoms with Gasteiger partial charge in [-0.3, -0.25) is 4.79 Å². The molecule has 0 spiro atoms. The Labute approximate surface area is 96.9 Å². The Morgan fingerprint density at radius 1 is 1.38 bits per heavy atom. The van der Waals surface area contributed by atoms with Crippen LogP contribution in [0.3, 0.4) is 0 Å². The van der Waals surface area contributed by atoms with E-state index in [2.05, 4.69) is 0 Å². The Kier molecular flexibility index (Phi) is 3.61. The molecule has 0 radical (unpaired) electrons. The monoisotopic (exact) mass is 227 g/mol. The topological polar surface area (TPSA) is 46.6 Å². The lowest BCUT2D eigenvalue weighted by atomic mass is 9.94. The molecule has 0 aromatic rings. The van der Waals surface area contributed by atoms with Crippen LogP contribution in [0.5, 0.6) is 0 Å². The van der Waals surface area contributed by atoms with E-state index in [-0.39, 0.29) is 23.8 Å². The van der Waals surface area contributed by atoms with E-state index in [1.165, 1.54) is 0 Å². The van der Waals surface area contributed by atoms with Gasteiger partial charge in [0.15, 0.2) is 0 Å². The van der Waals surface area contributed by atoms with Crippen molar-refractivity contribution in [3.05, 3.63) is 0 Å². The molecule has 1 fully saturated rings. The highest BCUT2D eigenvalue weighted by atomic mass is 16.6. The number of hydrogen-bond acceptors (Lipinski definition) is 3. The van der Waals surface area contributed by atoms with Crippen LogP contribution in [0.1, 0.15) is 41.0 Å². The van der Waals surface area contributed by atoms with Crippen LogP contribution in [-0.4, -0.2) is 35.0 Å². The maximum atomic E-state index is 11.9. The number of ether oxygens (including phenoxy) is 1. The van der Waals surface area contributed by atoms with Crippen LogP contribution in [-0.2, 0) is 9.53 Å². The molecule has 1 aliphatic rings. The first-order valence-corrected chi connectivity index (χ1v) is 5.73. The summed E-state index contributed by atoms with van der Waals surface area (Å²) in [5, 5.41) is 0. The van der Waals surface area contributed by atoms with Crippen molar-refractivity contribution in [2.45, 2.75) is 52.7 Å². The summed E-state index contributed by atoms with van der Waals surface area (Å²) in [5.74, 6) is 0.149. The molecular weight excluding hydrogens is 206 g/mol. The lowest BCUT2D eigenvalue weighted by Gasteiger charge is -2.36. The number of nitrogens with zero attached hydrogens (tertiary/aromatic N) is 1. The fourth-order valence-electron chi connectivity index (χ4n) is 1.75. The molecule has 1 saturated heterocycles. The zero-order valence-electron chi connectivity index (χ0n) is 10.7. The van der Waals surface area contributed by atoms with Crippen molar-refractivity contribution in [2.24, 2.45) is 5.92 Å². The highest BCUT2D eigenvalue weighted by molar-refractivity contribution is 5.84. The van der Waals surface area contributed by atoms with E-state index in [0.29, 0.717) is 13.0 Å². The van der Waals surface area contributed by atoms with E-state index in [1.807, 2.05) is 34.6 Å². The summed E-state index contributed by atoms with van der Waals surface area (Å²) in [7, 11) is 0. The minimum atomic E-state index is -0.485. The zero-order valence-corrected chi connectivity index (χ0v) is 10.7. The Morgan fingerprint density at radius 3 is 2.44 bits per heavy atom. The van der Waals surface area contributed by atoms with Crippen molar-refractivity contribution in [1.29, 1.82) is 0 Å². The molecule has 2 atom stereocenters. The van der Waals surface area contributed by atoms with Gasteiger partial charge >= 0.3 is 6.09 Å². The lowest BCUT2D eigenvalue weighted by molar-refractivity contribution is -0.126. The number of likely N-dealkylation sites (tertiary alicyclic amines) is 1. The van der Waals surface area contributed by atoms with Crippen LogP contribution in [0.15, 0.2) is 0 Å². The molecule has 16 heavy (non-hydrogen) atoms. The lowest BCUT2D eigenvalue weighted by Crippen LogP contribution is -2.50. The summed E-state index contributed by atoms with van der Waals surface area (Å²) in [5.41, 5.74) is -0.485. The van der Waals surface area contributed by atoms with E-state index in [0.717, 1.165) is 0 Å². The standard InChI is InChI=1S/C12H21NO3/c1-8-7-13(9(2)6-10(8)14)11(15)16-12(3,4)5/h8-9H,6-7H2,1-5H3/t8-,9-/m1/s1. The maximum Gasteiger partial charge on any atom is 0.410 e. The molecule has 0 aromatic carbocycles. The number of rotatable bonds is 0. The van der Waals surface area contributed by atoms with Crippen molar-refractivity contribution >= 4 is 11.9 Å². The van der Waals surface area contributed by atoms with Crippen LogP contribution < -0.4 is 0 Å². The summed E-state index contributed by atoms with van der Waals surface area (Å²) in [6.45, 7) is 9.73. The van der Waals surface area contributed by atoms with Crippen LogP contribution in [0.4, 0.5) is 4.79 Å². The van der Waals surface area contributed by atoms with E-state index < -0.39 is 5.60 Å². The van der Waals surface area contributed by atoms with Crippen LogP contribution in [0.25, 0.3) is 0 Å². The number of ketones is 1. The number of hydrogen-bond donors (Lipinski definition) is 0. The Bertz CT molecular complexity index is 293. The summed E-state index contributed by atoms with van der Waals surface area (Å²) in [6.07, 6.45) is 0.111. The normalized spacial score (nSPS) is 26.8. The Morgan fingerprint density at radius 2 is 1.94 bits per heavy atom. The molecule has 0 unspecified atom stereocenters. The molecule has 0 N–H and O–H groups in total. The molecule has 1 heterocycles. The molecule has 0 aliphatic carbocycles. The van der Waals surface area contributed by atoms with E-state index in [4.69, 9.17) is 4.74 Å². The van der Waals surface area contributed by atoms with E-state index >= 15 is 0 Å². The molecular formula is C12H21NO3. The van der Waals surface area contributed by atoms with Gasteiger partial charge in [0.05, 0.1) is 0 Å². The van der Waals surface area contributed by atoms with Crippen molar-refractivity contribution in [2.75, 3.05) is 6.54 Å². The summed E-state index contributed by atoms with van der Waals surface area (Å²) >= 11 is 0. The molecule has 1 aliphatic heterocycles. The van der Waals surface area contributed by atoms with Gasteiger partial charge in [-0.05, 0) is 27.7 Å². The quantitative estimate of drug-likeness (QED) is 0.637. The smallest absolute Gasteiger partial charge is 0.410 e. The van der Waals surface area contributed by atoms with Gasteiger partial charge in [-0.25, -0.2) is 4.79 Å². The van der Waals surface area contributed by atoms with Crippen LogP contribution >= 0.6 is 0 Å². The third-order valence-electron chi connectivity index (χ3n) is 2.68. The van der Waals surface area contributed by atoms with Gasteiger partial charge in [0.1, 0.15) is 11.4 Å². The molecule has 1 rings (SSSR count). The average molecular weight is 227 g/mol.